The summed E-state index contributed by atoms with van der Waals surface area (Å²) in [6.07, 6.45) is 2.44. The van der Waals surface area contributed by atoms with Crippen molar-refractivity contribution in [3.05, 3.63) is 74.4 Å². The lowest BCUT2D eigenvalue weighted by Crippen LogP contribution is -2.06. The van der Waals surface area contributed by atoms with Gasteiger partial charge in [0.25, 0.3) is 5.69 Å². The van der Waals surface area contributed by atoms with Crippen LogP contribution in [-0.2, 0) is 9.53 Å². The Hall–Kier alpha value is -3.19. The maximum Gasteiger partial charge on any atom is 0.363 e. The average Bonchev–Trinajstić information content (AvgIpc) is 3.00. The third kappa shape index (κ3) is 4.32. The summed E-state index contributed by atoms with van der Waals surface area (Å²) < 4.78 is 10.7. The van der Waals surface area contributed by atoms with Crippen LogP contribution in [0.25, 0.3) is 6.08 Å². The molecule has 0 saturated carbocycles. The van der Waals surface area contributed by atoms with Crippen LogP contribution in [0.3, 0.4) is 0 Å². The number of carbonyl (C=O) groups is 1. The molecule has 0 N–H and O–H groups in total. The Kier molecular flexibility index (Phi) is 5.52. The molecule has 0 radical (unpaired) electrons. The molecule has 1 aliphatic heterocycles. The largest absolute Gasteiger partial charge is 0.494 e. The van der Waals surface area contributed by atoms with Crippen LogP contribution in [0, 0.1) is 10.1 Å². The molecule has 0 unspecified atom stereocenters. The van der Waals surface area contributed by atoms with E-state index < -0.39 is 10.9 Å². The van der Waals surface area contributed by atoms with Gasteiger partial charge in [0, 0.05) is 12.1 Å². The molecule has 0 amide bonds. The van der Waals surface area contributed by atoms with Gasteiger partial charge in [-0.3, -0.25) is 10.1 Å². The quantitative estimate of drug-likeness (QED) is 0.318. The lowest BCUT2D eigenvalue weighted by Gasteiger charge is -2.04. The summed E-state index contributed by atoms with van der Waals surface area (Å²) in [5, 5.41) is 11.1. The van der Waals surface area contributed by atoms with E-state index in [0.29, 0.717) is 17.9 Å². The van der Waals surface area contributed by atoms with Crippen molar-refractivity contribution in [2.75, 3.05) is 6.61 Å². The number of non-ortho nitro benzene ring substituents is 1. The number of hydrogen-bond acceptors (Lipinski definition) is 6. The van der Waals surface area contributed by atoms with Crippen LogP contribution in [0.15, 0.2) is 53.2 Å². The zero-order chi connectivity index (χ0) is 19.4. The molecule has 1 heterocycles. The normalized spacial score (nSPS) is 14.8. The van der Waals surface area contributed by atoms with Crippen LogP contribution in [0.1, 0.15) is 24.5 Å². The number of ether oxygens (including phenoxy) is 2. The first-order chi connectivity index (χ1) is 13.0. The molecule has 0 fully saturated rings. The van der Waals surface area contributed by atoms with Crippen LogP contribution in [0.4, 0.5) is 5.69 Å². The van der Waals surface area contributed by atoms with Gasteiger partial charge < -0.3 is 9.47 Å². The van der Waals surface area contributed by atoms with E-state index >= 15 is 0 Å². The van der Waals surface area contributed by atoms with E-state index in [-0.39, 0.29) is 27.9 Å². The van der Waals surface area contributed by atoms with Gasteiger partial charge in [-0.2, -0.15) is 0 Å². The fourth-order valence-corrected chi connectivity index (χ4v) is 2.59. The Bertz CT molecular complexity index is 968. The van der Waals surface area contributed by atoms with Gasteiger partial charge in [0.15, 0.2) is 5.70 Å². The Morgan fingerprint density at radius 1 is 1.30 bits per heavy atom. The van der Waals surface area contributed by atoms with Crippen LogP contribution in [-0.4, -0.2) is 23.4 Å². The molecule has 138 valence electrons. The topological polar surface area (TPSA) is 91.0 Å². The number of aliphatic imine (C=N–C) groups is 1. The van der Waals surface area contributed by atoms with Gasteiger partial charge in [-0.15, -0.1) is 0 Å². The minimum Gasteiger partial charge on any atom is -0.494 e. The molecule has 0 atom stereocenters. The second kappa shape index (κ2) is 8.01. The fraction of sp³-hybridized carbons (Fsp3) is 0.158. The standard InChI is InChI=1S/C19H15ClN2O5/c1-2-8-26-14-5-3-4-12(9-14)10-17-19(23)27-18(21-17)15-11-13(22(24)25)6-7-16(15)20/h3-7,9-11H,2,8H2,1H3/b17-10-. The van der Waals surface area contributed by atoms with Gasteiger partial charge in [-0.1, -0.05) is 30.7 Å². The van der Waals surface area contributed by atoms with Crippen molar-refractivity contribution in [1.29, 1.82) is 0 Å². The number of nitrogens with zero attached hydrogens (tertiary/aromatic N) is 2. The summed E-state index contributed by atoms with van der Waals surface area (Å²) in [4.78, 5) is 26.7. The van der Waals surface area contributed by atoms with Gasteiger partial charge >= 0.3 is 5.97 Å². The third-order valence-electron chi connectivity index (χ3n) is 3.65. The first-order valence-electron chi connectivity index (χ1n) is 8.17. The first-order valence-corrected chi connectivity index (χ1v) is 8.55. The lowest BCUT2D eigenvalue weighted by atomic mass is 10.2. The van der Waals surface area contributed by atoms with Gasteiger partial charge in [0.1, 0.15) is 5.75 Å². The third-order valence-corrected chi connectivity index (χ3v) is 3.98. The summed E-state index contributed by atoms with van der Waals surface area (Å²) in [6.45, 7) is 2.60. The highest BCUT2D eigenvalue weighted by Crippen LogP contribution is 2.27. The van der Waals surface area contributed by atoms with E-state index in [1.807, 2.05) is 13.0 Å². The van der Waals surface area contributed by atoms with E-state index in [4.69, 9.17) is 21.1 Å². The number of cyclic esters (lactones) is 1. The van der Waals surface area contributed by atoms with Crippen molar-refractivity contribution >= 4 is 35.2 Å². The average molecular weight is 387 g/mol. The van der Waals surface area contributed by atoms with Gasteiger partial charge in [0.2, 0.25) is 5.90 Å². The van der Waals surface area contributed by atoms with Crippen molar-refractivity contribution in [2.45, 2.75) is 13.3 Å². The van der Waals surface area contributed by atoms with Gasteiger partial charge in [-0.25, -0.2) is 9.79 Å². The van der Waals surface area contributed by atoms with E-state index in [1.165, 1.54) is 18.2 Å². The molecule has 0 aliphatic carbocycles. The maximum absolute atomic E-state index is 12.1. The zero-order valence-corrected chi connectivity index (χ0v) is 15.1. The molecular weight excluding hydrogens is 372 g/mol. The highest BCUT2D eigenvalue weighted by molar-refractivity contribution is 6.34. The molecule has 0 bridgehead atoms. The van der Waals surface area contributed by atoms with Gasteiger partial charge in [-0.05, 0) is 36.3 Å². The second-order valence-corrected chi connectivity index (χ2v) is 6.09. The SMILES string of the molecule is CCCOc1cccc(/C=C2\N=C(c3cc([N+](=O)[O-])ccc3Cl)OC2=O)c1. The Labute approximate surface area is 160 Å². The summed E-state index contributed by atoms with van der Waals surface area (Å²) >= 11 is 6.08. The van der Waals surface area contributed by atoms with Crippen LogP contribution < -0.4 is 4.74 Å². The molecule has 0 spiro atoms. The zero-order valence-electron chi connectivity index (χ0n) is 14.3. The molecule has 0 saturated heterocycles. The van der Waals surface area contributed by atoms with Crippen LogP contribution >= 0.6 is 11.6 Å². The Balaban J connectivity index is 1.92. The van der Waals surface area contributed by atoms with Crippen molar-refractivity contribution in [2.24, 2.45) is 4.99 Å². The first kappa shape index (κ1) is 18.6. The summed E-state index contributed by atoms with van der Waals surface area (Å²) in [6, 6.07) is 11.1. The number of rotatable bonds is 6. The number of halogens is 1. The van der Waals surface area contributed by atoms with E-state index in [0.717, 1.165) is 6.42 Å². The molecule has 2 aromatic carbocycles. The Morgan fingerprint density at radius 3 is 2.85 bits per heavy atom. The van der Waals surface area contributed by atoms with Crippen molar-refractivity contribution in [1.82, 2.24) is 0 Å². The molecule has 2 aromatic rings. The number of carbonyl (C=O) groups excluding carboxylic acids is 1. The van der Waals surface area contributed by atoms with Crippen molar-refractivity contribution < 1.29 is 19.2 Å². The van der Waals surface area contributed by atoms with Gasteiger partial charge in [0.05, 0.1) is 22.1 Å². The predicted octanol–water partition coefficient (Wildman–Crippen LogP) is 4.38. The minimum absolute atomic E-state index is 0.0696. The maximum atomic E-state index is 12.1. The summed E-state index contributed by atoms with van der Waals surface area (Å²) in [5.41, 5.74) is 0.792. The monoisotopic (exact) mass is 386 g/mol. The smallest absolute Gasteiger partial charge is 0.363 e. The fourth-order valence-electron chi connectivity index (χ4n) is 2.39. The molecule has 1 aliphatic rings. The number of nitro benzene ring substituents is 1. The highest BCUT2D eigenvalue weighted by atomic mass is 35.5. The second-order valence-electron chi connectivity index (χ2n) is 5.68. The lowest BCUT2D eigenvalue weighted by molar-refractivity contribution is -0.384. The molecule has 0 aromatic heterocycles. The van der Waals surface area contributed by atoms with Crippen molar-refractivity contribution in [3.8, 4) is 5.75 Å². The number of hydrogen-bond donors (Lipinski definition) is 0. The number of benzene rings is 2. The van der Waals surface area contributed by atoms with E-state index in [2.05, 4.69) is 4.99 Å². The summed E-state index contributed by atoms with van der Waals surface area (Å²) in [5.74, 6) is -0.0470. The molecule has 8 heteroatoms. The molecule has 3 rings (SSSR count). The Morgan fingerprint density at radius 2 is 2.11 bits per heavy atom. The van der Waals surface area contributed by atoms with E-state index in [9.17, 15) is 14.9 Å². The van der Waals surface area contributed by atoms with Crippen LogP contribution in [0.2, 0.25) is 5.02 Å². The number of nitro groups is 1. The predicted molar refractivity (Wildman–Crippen MR) is 101 cm³/mol. The summed E-state index contributed by atoms with van der Waals surface area (Å²) in [7, 11) is 0. The van der Waals surface area contributed by atoms with Crippen molar-refractivity contribution in [3.63, 3.8) is 0 Å². The molecular formula is C19H15ClN2O5. The van der Waals surface area contributed by atoms with E-state index in [1.54, 1.807) is 24.3 Å². The van der Waals surface area contributed by atoms with Crippen LogP contribution in [0.5, 0.6) is 5.75 Å². The highest BCUT2D eigenvalue weighted by Gasteiger charge is 2.27. The minimum atomic E-state index is -0.660. The molecule has 7 nitrogen and oxygen atoms in total. The molecule has 27 heavy (non-hydrogen) atoms. The number of esters is 1.